The Hall–Kier alpha value is -1.01. The van der Waals surface area contributed by atoms with E-state index >= 15 is 0 Å². The lowest BCUT2D eigenvalue weighted by molar-refractivity contribution is 0.380. The van der Waals surface area contributed by atoms with Crippen molar-refractivity contribution in [1.29, 1.82) is 0 Å². The molecule has 1 fully saturated rings. The van der Waals surface area contributed by atoms with Gasteiger partial charge in [0.1, 0.15) is 0 Å². The van der Waals surface area contributed by atoms with Gasteiger partial charge in [0.05, 0.1) is 13.6 Å². The summed E-state index contributed by atoms with van der Waals surface area (Å²) in [5.74, 6) is 0.751. The molecule has 0 amide bonds. The van der Waals surface area contributed by atoms with Crippen LogP contribution in [0.2, 0.25) is 0 Å². The molecule has 2 N–H and O–H groups in total. The van der Waals surface area contributed by atoms with E-state index in [1.54, 1.807) is 7.05 Å². The van der Waals surface area contributed by atoms with Crippen molar-refractivity contribution in [3.05, 3.63) is 5.82 Å². The van der Waals surface area contributed by atoms with Gasteiger partial charge in [0, 0.05) is 12.1 Å². The molecular weight excluding hydrogens is 180 g/mol. The highest BCUT2D eigenvalue weighted by molar-refractivity contribution is 4.93. The highest BCUT2D eigenvalue weighted by Gasteiger charge is 2.27. The average Bonchev–Trinajstić information content (AvgIpc) is 2.73. The molecule has 14 heavy (non-hydrogen) atoms. The Bertz CT molecular complexity index is 301. The molecule has 6 nitrogen and oxygen atoms in total. The molecule has 0 spiro atoms. The van der Waals surface area contributed by atoms with Gasteiger partial charge in [-0.05, 0) is 25.1 Å². The Morgan fingerprint density at radius 3 is 3.07 bits per heavy atom. The molecule has 78 valence electrons. The van der Waals surface area contributed by atoms with E-state index in [1.807, 2.05) is 0 Å². The van der Waals surface area contributed by atoms with Crippen LogP contribution in [0, 0.1) is 0 Å². The van der Waals surface area contributed by atoms with Crippen LogP contribution in [0.3, 0.4) is 0 Å². The molecule has 1 aromatic rings. The van der Waals surface area contributed by atoms with Crippen LogP contribution in [0.25, 0.3) is 0 Å². The fourth-order valence-corrected chi connectivity index (χ4v) is 1.65. The number of nitrogens with zero attached hydrogens (tertiary/aromatic N) is 4. The third-order valence-corrected chi connectivity index (χ3v) is 2.59. The maximum atomic E-state index is 4.11. The number of nitrogens with one attached hydrogen (secondary N) is 2. The minimum atomic E-state index is 0.180. The van der Waals surface area contributed by atoms with Crippen molar-refractivity contribution >= 4 is 0 Å². The van der Waals surface area contributed by atoms with E-state index in [9.17, 15) is 0 Å². The summed E-state index contributed by atoms with van der Waals surface area (Å²) in [6.45, 7) is 4.99. The first kappa shape index (κ1) is 9.54. The van der Waals surface area contributed by atoms with Crippen LogP contribution in [-0.4, -0.2) is 38.8 Å². The van der Waals surface area contributed by atoms with Gasteiger partial charge >= 0.3 is 0 Å². The molecule has 0 bridgehead atoms. The molecule has 0 radical (unpaired) electrons. The second-order valence-electron chi connectivity index (χ2n) is 4.04. The second kappa shape index (κ2) is 3.62. The van der Waals surface area contributed by atoms with Gasteiger partial charge in [-0.2, -0.15) is 4.80 Å². The lowest BCUT2D eigenvalue weighted by Gasteiger charge is -2.23. The predicted molar refractivity (Wildman–Crippen MR) is 51.5 cm³/mol. The van der Waals surface area contributed by atoms with Gasteiger partial charge in [0.15, 0.2) is 5.82 Å². The van der Waals surface area contributed by atoms with E-state index in [0.29, 0.717) is 6.54 Å². The smallest absolute Gasteiger partial charge is 0.188 e. The highest BCUT2D eigenvalue weighted by Crippen LogP contribution is 2.13. The summed E-state index contributed by atoms with van der Waals surface area (Å²) in [6, 6.07) is 0. The summed E-state index contributed by atoms with van der Waals surface area (Å²) >= 11 is 0. The zero-order chi connectivity index (χ0) is 10.0. The first-order valence-corrected chi connectivity index (χ1v) is 4.87. The van der Waals surface area contributed by atoms with Crippen LogP contribution in [0.5, 0.6) is 0 Å². The maximum Gasteiger partial charge on any atom is 0.188 e. The van der Waals surface area contributed by atoms with Gasteiger partial charge in [-0.1, -0.05) is 0 Å². The Morgan fingerprint density at radius 2 is 2.50 bits per heavy atom. The van der Waals surface area contributed by atoms with Crippen LogP contribution >= 0.6 is 0 Å². The van der Waals surface area contributed by atoms with Crippen molar-refractivity contribution in [3.8, 4) is 0 Å². The number of tetrazole rings is 1. The SMILES string of the molecule is Cn1nnc(CNC2(C)CCNC2)n1. The summed E-state index contributed by atoms with van der Waals surface area (Å²) in [4.78, 5) is 1.48. The number of aromatic nitrogens is 4. The highest BCUT2D eigenvalue weighted by atomic mass is 15.6. The van der Waals surface area contributed by atoms with E-state index in [-0.39, 0.29) is 5.54 Å². The normalized spacial score (nSPS) is 27.0. The third kappa shape index (κ3) is 2.08. The molecule has 2 heterocycles. The van der Waals surface area contributed by atoms with Crippen molar-refractivity contribution in [2.75, 3.05) is 13.1 Å². The van der Waals surface area contributed by atoms with Crippen molar-refractivity contribution in [2.45, 2.75) is 25.4 Å². The van der Waals surface area contributed by atoms with Gasteiger partial charge in [-0.3, -0.25) is 0 Å². The van der Waals surface area contributed by atoms with Crippen molar-refractivity contribution < 1.29 is 0 Å². The first-order valence-electron chi connectivity index (χ1n) is 4.87. The summed E-state index contributed by atoms with van der Waals surface area (Å²) in [5, 5.41) is 18.6. The van der Waals surface area contributed by atoms with E-state index in [0.717, 1.165) is 25.3 Å². The van der Waals surface area contributed by atoms with Crippen LogP contribution in [0.15, 0.2) is 0 Å². The molecule has 1 atom stereocenters. The zero-order valence-electron chi connectivity index (χ0n) is 8.62. The zero-order valence-corrected chi connectivity index (χ0v) is 8.62. The molecule has 0 saturated carbocycles. The molecule has 1 aromatic heterocycles. The van der Waals surface area contributed by atoms with Gasteiger partial charge in [0.25, 0.3) is 0 Å². The Balaban J connectivity index is 1.87. The first-order chi connectivity index (χ1) is 6.68. The number of hydrogen-bond donors (Lipinski definition) is 2. The number of rotatable bonds is 3. The Morgan fingerprint density at radius 1 is 1.64 bits per heavy atom. The summed E-state index contributed by atoms with van der Waals surface area (Å²) in [6.07, 6.45) is 1.15. The quantitative estimate of drug-likeness (QED) is 0.652. The van der Waals surface area contributed by atoms with Crippen molar-refractivity contribution in [3.63, 3.8) is 0 Å². The summed E-state index contributed by atoms with van der Waals surface area (Å²) in [7, 11) is 1.77. The minimum Gasteiger partial charge on any atom is -0.315 e. The molecule has 1 aliphatic heterocycles. The van der Waals surface area contributed by atoms with Gasteiger partial charge in [-0.15, -0.1) is 10.2 Å². The van der Waals surface area contributed by atoms with Gasteiger partial charge < -0.3 is 10.6 Å². The summed E-state index contributed by atoms with van der Waals surface area (Å²) < 4.78 is 0. The molecule has 1 saturated heterocycles. The standard InChI is InChI=1S/C8H16N6/c1-8(3-4-9-6-8)10-5-7-11-13-14(2)12-7/h9-10H,3-6H2,1-2H3. The Labute approximate surface area is 83.1 Å². The lowest BCUT2D eigenvalue weighted by atomic mass is 10.0. The maximum absolute atomic E-state index is 4.11. The fourth-order valence-electron chi connectivity index (χ4n) is 1.65. The average molecular weight is 196 g/mol. The molecule has 6 heteroatoms. The summed E-state index contributed by atoms with van der Waals surface area (Å²) in [5.41, 5.74) is 0.180. The Kier molecular flexibility index (Phi) is 2.47. The predicted octanol–water partition coefficient (Wildman–Crippen LogP) is -0.948. The molecule has 0 aromatic carbocycles. The van der Waals surface area contributed by atoms with Gasteiger partial charge in [0.2, 0.25) is 0 Å². The van der Waals surface area contributed by atoms with Crippen molar-refractivity contribution in [2.24, 2.45) is 7.05 Å². The van der Waals surface area contributed by atoms with Crippen LogP contribution in [0.4, 0.5) is 0 Å². The molecule has 2 rings (SSSR count). The molecule has 1 unspecified atom stereocenters. The largest absolute Gasteiger partial charge is 0.315 e. The monoisotopic (exact) mass is 196 g/mol. The van der Waals surface area contributed by atoms with E-state index < -0.39 is 0 Å². The molecule has 1 aliphatic rings. The lowest BCUT2D eigenvalue weighted by Crippen LogP contribution is -2.43. The fraction of sp³-hybridized carbons (Fsp3) is 0.875. The van der Waals surface area contributed by atoms with E-state index in [1.165, 1.54) is 4.80 Å². The third-order valence-electron chi connectivity index (χ3n) is 2.59. The van der Waals surface area contributed by atoms with Crippen molar-refractivity contribution in [1.82, 2.24) is 30.8 Å². The molecule has 0 aliphatic carbocycles. The topological polar surface area (TPSA) is 67.7 Å². The van der Waals surface area contributed by atoms with Crippen LogP contribution < -0.4 is 10.6 Å². The molecular formula is C8H16N6. The van der Waals surface area contributed by atoms with E-state index in [2.05, 4.69) is 33.0 Å². The number of hydrogen-bond acceptors (Lipinski definition) is 5. The van der Waals surface area contributed by atoms with E-state index in [4.69, 9.17) is 0 Å². The van der Waals surface area contributed by atoms with Crippen LogP contribution in [-0.2, 0) is 13.6 Å². The van der Waals surface area contributed by atoms with Crippen LogP contribution in [0.1, 0.15) is 19.2 Å². The van der Waals surface area contributed by atoms with Gasteiger partial charge in [-0.25, -0.2) is 0 Å². The number of aryl methyl sites for hydroxylation is 1. The second-order valence-corrected chi connectivity index (χ2v) is 4.04. The minimum absolute atomic E-state index is 0.180.